The SMILES string of the molecule is CS(=O)(=O)N(CCC(=O)N1CCN(C=O)CC1)c1cccc2cccnc12. The zero-order valence-electron chi connectivity index (χ0n) is 15.1. The van der Waals surface area contributed by atoms with E-state index in [1.807, 2.05) is 12.1 Å². The molecule has 1 fully saturated rings. The number of nitrogens with zero attached hydrogens (tertiary/aromatic N) is 4. The first kappa shape index (κ1) is 19.1. The van der Waals surface area contributed by atoms with E-state index in [9.17, 15) is 18.0 Å². The summed E-state index contributed by atoms with van der Waals surface area (Å²) in [7, 11) is -3.58. The molecule has 1 aliphatic heterocycles. The van der Waals surface area contributed by atoms with Crippen molar-refractivity contribution >= 4 is 38.9 Å². The minimum atomic E-state index is -3.58. The summed E-state index contributed by atoms with van der Waals surface area (Å²) in [5, 5.41) is 0.833. The summed E-state index contributed by atoms with van der Waals surface area (Å²) < 4.78 is 26.0. The van der Waals surface area contributed by atoms with Gasteiger partial charge in [0.25, 0.3) is 0 Å². The predicted molar refractivity (Wildman–Crippen MR) is 103 cm³/mol. The number of carbonyl (C=O) groups is 2. The quantitative estimate of drug-likeness (QED) is 0.677. The fourth-order valence-electron chi connectivity index (χ4n) is 3.19. The van der Waals surface area contributed by atoms with Crippen molar-refractivity contribution in [3.05, 3.63) is 36.5 Å². The van der Waals surface area contributed by atoms with Crippen molar-refractivity contribution in [1.82, 2.24) is 14.8 Å². The molecule has 0 saturated carbocycles. The maximum atomic E-state index is 12.5. The third-order valence-electron chi connectivity index (χ3n) is 4.63. The summed E-state index contributed by atoms with van der Waals surface area (Å²) in [6, 6.07) is 9.00. The minimum absolute atomic E-state index is 0.0429. The molecule has 1 aliphatic rings. The van der Waals surface area contributed by atoms with Crippen molar-refractivity contribution in [3.8, 4) is 0 Å². The third-order valence-corrected chi connectivity index (χ3v) is 5.81. The molecule has 0 atom stereocenters. The largest absolute Gasteiger partial charge is 0.342 e. The maximum absolute atomic E-state index is 12.5. The molecule has 3 rings (SSSR count). The van der Waals surface area contributed by atoms with Crippen LogP contribution in [0.2, 0.25) is 0 Å². The Balaban J connectivity index is 1.77. The molecular weight excluding hydrogens is 368 g/mol. The summed E-state index contributed by atoms with van der Waals surface area (Å²) in [5.74, 6) is -0.123. The van der Waals surface area contributed by atoms with Gasteiger partial charge in [-0.15, -0.1) is 0 Å². The van der Waals surface area contributed by atoms with Crippen LogP contribution in [0.5, 0.6) is 0 Å². The monoisotopic (exact) mass is 390 g/mol. The van der Waals surface area contributed by atoms with Crippen molar-refractivity contribution in [2.75, 3.05) is 43.3 Å². The van der Waals surface area contributed by atoms with Crippen molar-refractivity contribution in [1.29, 1.82) is 0 Å². The summed E-state index contributed by atoms with van der Waals surface area (Å²) in [6.45, 7) is 1.97. The molecule has 0 N–H and O–H groups in total. The lowest BCUT2D eigenvalue weighted by molar-refractivity contribution is -0.134. The van der Waals surface area contributed by atoms with Crippen LogP contribution in [0.15, 0.2) is 36.5 Å². The number of para-hydroxylation sites is 1. The highest BCUT2D eigenvalue weighted by atomic mass is 32.2. The Labute approximate surface area is 158 Å². The van der Waals surface area contributed by atoms with E-state index >= 15 is 0 Å². The number of sulfonamides is 1. The van der Waals surface area contributed by atoms with Gasteiger partial charge in [0.05, 0.1) is 17.5 Å². The number of benzene rings is 1. The summed E-state index contributed by atoms with van der Waals surface area (Å²) >= 11 is 0. The van der Waals surface area contributed by atoms with Gasteiger partial charge in [-0.2, -0.15) is 0 Å². The summed E-state index contributed by atoms with van der Waals surface area (Å²) in [6.07, 6.45) is 3.59. The van der Waals surface area contributed by atoms with Crippen molar-refractivity contribution in [2.24, 2.45) is 0 Å². The Bertz CT molecular complexity index is 934. The Hall–Kier alpha value is -2.68. The fourth-order valence-corrected chi connectivity index (χ4v) is 4.11. The van der Waals surface area contributed by atoms with E-state index in [0.29, 0.717) is 37.4 Å². The lowest BCUT2D eigenvalue weighted by Crippen LogP contribution is -2.48. The second kappa shape index (κ2) is 7.91. The Morgan fingerprint density at radius 1 is 1.19 bits per heavy atom. The van der Waals surface area contributed by atoms with E-state index in [1.54, 1.807) is 34.2 Å². The molecule has 9 heteroatoms. The van der Waals surface area contributed by atoms with Crippen LogP contribution in [0.3, 0.4) is 0 Å². The number of rotatable bonds is 6. The predicted octanol–water partition coefficient (Wildman–Crippen LogP) is 0.692. The van der Waals surface area contributed by atoms with E-state index in [4.69, 9.17) is 0 Å². The zero-order valence-corrected chi connectivity index (χ0v) is 15.9. The number of aromatic nitrogens is 1. The molecule has 1 saturated heterocycles. The molecular formula is C18H22N4O4S. The van der Waals surface area contributed by atoms with E-state index in [1.165, 1.54) is 4.31 Å². The highest BCUT2D eigenvalue weighted by Crippen LogP contribution is 2.26. The maximum Gasteiger partial charge on any atom is 0.232 e. The molecule has 0 bridgehead atoms. The second-order valence-electron chi connectivity index (χ2n) is 6.46. The number of hydrogen-bond donors (Lipinski definition) is 0. The highest BCUT2D eigenvalue weighted by Gasteiger charge is 2.24. The first-order valence-corrected chi connectivity index (χ1v) is 10.5. The number of anilines is 1. The Kier molecular flexibility index (Phi) is 5.59. The number of carbonyl (C=O) groups excluding carboxylic acids is 2. The Morgan fingerprint density at radius 3 is 2.56 bits per heavy atom. The van der Waals surface area contributed by atoms with Crippen LogP contribution >= 0.6 is 0 Å². The number of amides is 2. The average molecular weight is 390 g/mol. The van der Waals surface area contributed by atoms with Crippen LogP contribution in [0.25, 0.3) is 10.9 Å². The van der Waals surface area contributed by atoms with Gasteiger partial charge in [0.15, 0.2) is 0 Å². The van der Waals surface area contributed by atoms with Gasteiger partial charge in [0.1, 0.15) is 0 Å². The standard InChI is InChI=1S/C18H22N4O4S/c1-27(25,26)22(16-6-2-4-15-5-3-8-19-18(15)16)9-7-17(24)21-12-10-20(14-23)11-13-21/h2-6,8,14H,7,9-13H2,1H3. The van der Waals surface area contributed by atoms with Crippen LogP contribution in [-0.2, 0) is 19.6 Å². The van der Waals surface area contributed by atoms with Crippen LogP contribution in [0.1, 0.15) is 6.42 Å². The van der Waals surface area contributed by atoms with Crippen LogP contribution < -0.4 is 4.31 Å². The number of hydrogen-bond acceptors (Lipinski definition) is 5. The lowest BCUT2D eigenvalue weighted by Gasteiger charge is -2.33. The van der Waals surface area contributed by atoms with Gasteiger partial charge in [-0.1, -0.05) is 18.2 Å². The molecule has 0 spiro atoms. The van der Waals surface area contributed by atoms with Gasteiger partial charge in [-0.3, -0.25) is 18.9 Å². The molecule has 2 heterocycles. The zero-order chi connectivity index (χ0) is 19.4. The van der Waals surface area contributed by atoms with Crippen LogP contribution in [-0.4, -0.2) is 74.5 Å². The summed E-state index contributed by atoms with van der Waals surface area (Å²) in [4.78, 5) is 30.9. The van der Waals surface area contributed by atoms with E-state index < -0.39 is 10.0 Å². The molecule has 1 aromatic heterocycles. The van der Waals surface area contributed by atoms with Gasteiger partial charge in [-0.05, 0) is 12.1 Å². The molecule has 144 valence electrons. The molecule has 0 radical (unpaired) electrons. The van der Waals surface area contributed by atoms with Crippen molar-refractivity contribution in [2.45, 2.75) is 6.42 Å². The van der Waals surface area contributed by atoms with E-state index in [2.05, 4.69) is 4.98 Å². The van der Waals surface area contributed by atoms with Crippen LogP contribution in [0.4, 0.5) is 5.69 Å². The number of pyridine rings is 1. The van der Waals surface area contributed by atoms with Gasteiger partial charge in [0.2, 0.25) is 22.3 Å². The second-order valence-corrected chi connectivity index (χ2v) is 8.37. The molecule has 1 aromatic carbocycles. The fraction of sp³-hybridized carbons (Fsp3) is 0.389. The molecule has 27 heavy (non-hydrogen) atoms. The Morgan fingerprint density at radius 2 is 1.89 bits per heavy atom. The molecule has 8 nitrogen and oxygen atoms in total. The smallest absolute Gasteiger partial charge is 0.232 e. The van der Waals surface area contributed by atoms with Crippen LogP contribution in [0, 0.1) is 0 Å². The van der Waals surface area contributed by atoms with Crippen molar-refractivity contribution in [3.63, 3.8) is 0 Å². The number of piperazine rings is 1. The van der Waals surface area contributed by atoms with Gasteiger partial charge >= 0.3 is 0 Å². The highest BCUT2D eigenvalue weighted by molar-refractivity contribution is 7.92. The first-order valence-electron chi connectivity index (χ1n) is 8.69. The number of fused-ring (bicyclic) bond motifs is 1. The molecule has 2 aromatic rings. The van der Waals surface area contributed by atoms with E-state index in [0.717, 1.165) is 18.1 Å². The van der Waals surface area contributed by atoms with Gasteiger partial charge in [-0.25, -0.2) is 8.42 Å². The first-order chi connectivity index (χ1) is 12.9. The minimum Gasteiger partial charge on any atom is -0.342 e. The average Bonchev–Trinajstić information content (AvgIpc) is 2.67. The lowest BCUT2D eigenvalue weighted by atomic mass is 10.2. The normalized spacial score (nSPS) is 15.0. The topological polar surface area (TPSA) is 90.9 Å². The van der Waals surface area contributed by atoms with Crippen molar-refractivity contribution < 1.29 is 18.0 Å². The molecule has 0 aliphatic carbocycles. The molecule has 0 unspecified atom stereocenters. The van der Waals surface area contributed by atoms with Gasteiger partial charge < -0.3 is 9.80 Å². The molecule has 2 amide bonds. The van der Waals surface area contributed by atoms with E-state index in [-0.39, 0.29) is 18.9 Å². The summed E-state index contributed by atoms with van der Waals surface area (Å²) in [5.41, 5.74) is 1.05. The van der Waals surface area contributed by atoms with Gasteiger partial charge in [0, 0.05) is 50.7 Å². The third kappa shape index (κ3) is 4.36.